The highest BCUT2D eigenvalue weighted by Gasteiger charge is 2.34. The maximum absolute atomic E-state index is 14.4. The minimum absolute atomic E-state index is 0.00690. The number of pyridine rings is 2. The van der Waals surface area contributed by atoms with Gasteiger partial charge >= 0.3 is 0 Å². The second kappa shape index (κ2) is 9.41. The normalized spacial score (nSPS) is 22.8. The van der Waals surface area contributed by atoms with E-state index < -0.39 is 40.6 Å². The monoisotopic (exact) mass is 455 g/mol. The zero-order chi connectivity index (χ0) is 23.7. The van der Waals surface area contributed by atoms with Gasteiger partial charge in [0.1, 0.15) is 28.8 Å². The lowest BCUT2D eigenvalue weighted by Gasteiger charge is -2.36. The second-order valence-corrected chi connectivity index (χ2v) is 8.60. The van der Waals surface area contributed by atoms with Crippen molar-refractivity contribution in [2.45, 2.75) is 44.2 Å². The van der Waals surface area contributed by atoms with Crippen LogP contribution in [0.25, 0.3) is 11.3 Å². The van der Waals surface area contributed by atoms with E-state index in [9.17, 15) is 23.1 Å². The van der Waals surface area contributed by atoms with Crippen LogP contribution in [0, 0.1) is 23.4 Å². The Morgan fingerprint density at radius 2 is 1.82 bits per heavy atom. The summed E-state index contributed by atoms with van der Waals surface area (Å²) in [5.41, 5.74) is 6.43. The third-order valence-corrected chi connectivity index (χ3v) is 6.30. The first-order chi connectivity index (χ1) is 15.8. The molecule has 3 aromatic rings. The molecule has 0 amide bonds. The summed E-state index contributed by atoms with van der Waals surface area (Å²) in [5.74, 6) is -3.24. The van der Waals surface area contributed by atoms with Crippen LogP contribution in [0.1, 0.15) is 47.3 Å². The number of hydrogen-bond donors (Lipinski definition) is 2. The predicted molar refractivity (Wildman–Crippen MR) is 117 cm³/mol. The van der Waals surface area contributed by atoms with Crippen LogP contribution in [0.2, 0.25) is 0 Å². The number of nitrogens with zero attached hydrogens (tertiary/aromatic N) is 2. The number of halogens is 3. The van der Waals surface area contributed by atoms with Crippen LogP contribution in [0.5, 0.6) is 0 Å². The molecule has 4 rings (SSSR count). The Morgan fingerprint density at radius 3 is 2.52 bits per heavy atom. The number of rotatable bonds is 5. The van der Waals surface area contributed by atoms with Crippen molar-refractivity contribution in [3.63, 3.8) is 0 Å². The van der Waals surface area contributed by atoms with E-state index in [-0.39, 0.29) is 30.0 Å². The highest BCUT2D eigenvalue weighted by atomic mass is 19.1. The van der Waals surface area contributed by atoms with Gasteiger partial charge in [-0.3, -0.25) is 9.78 Å². The molecule has 1 aliphatic carbocycles. The third-order valence-electron chi connectivity index (χ3n) is 6.30. The van der Waals surface area contributed by atoms with Gasteiger partial charge in [-0.2, -0.15) is 0 Å². The molecule has 1 aliphatic rings. The van der Waals surface area contributed by atoms with Crippen LogP contribution in [0.4, 0.5) is 13.2 Å². The van der Waals surface area contributed by atoms with Gasteiger partial charge in [-0.05, 0) is 66.1 Å². The Morgan fingerprint density at radius 1 is 1.09 bits per heavy atom. The lowest BCUT2D eigenvalue weighted by atomic mass is 9.74. The molecule has 1 fully saturated rings. The number of carbonyl (C=O) groups excluding carboxylic acids is 1. The lowest BCUT2D eigenvalue weighted by Crippen LogP contribution is -2.44. The van der Waals surface area contributed by atoms with Gasteiger partial charge in [-0.1, -0.05) is 13.0 Å². The standard InChI is InChI=1S/C25H24F3N3O2/c1-13-9-14(10-20(29)25(13)33)16-7-8-30-12-15(16)11-22(32)21-6-5-19(28)24(31-21)23-17(26)3-2-4-18(23)27/h2-8,12-14,20,25,33H,9-11,29H2,1H3/t13-,14+,20+,25-/m0/s1. The molecule has 0 saturated heterocycles. The van der Waals surface area contributed by atoms with Gasteiger partial charge in [-0.25, -0.2) is 18.2 Å². The minimum atomic E-state index is -0.967. The van der Waals surface area contributed by atoms with E-state index in [0.717, 1.165) is 23.8 Å². The Bertz CT molecular complexity index is 1160. The van der Waals surface area contributed by atoms with Crippen LogP contribution in [-0.4, -0.2) is 33.0 Å². The first kappa shape index (κ1) is 23.1. The number of hydrogen-bond acceptors (Lipinski definition) is 5. The zero-order valence-electron chi connectivity index (χ0n) is 18.0. The second-order valence-electron chi connectivity index (χ2n) is 8.60. The number of nitrogens with two attached hydrogens (primary N) is 1. The molecule has 0 bridgehead atoms. The fourth-order valence-electron chi connectivity index (χ4n) is 4.57. The molecule has 172 valence electrons. The molecule has 0 unspecified atom stereocenters. The third kappa shape index (κ3) is 4.67. The van der Waals surface area contributed by atoms with Gasteiger partial charge < -0.3 is 10.8 Å². The summed E-state index contributed by atoms with van der Waals surface area (Å²) < 4.78 is 42.7. The number of aliphatic hydroxyl groups excluding tert-OH is 1. The van der Waals surface area contributed by atoms with Crippen molar-refractivity contribution < 1.29 is 23.1 Å². The van der Waals surface area contributed by atoms with E-state index in [2.05, 4.69) is 9.97 Å². The first-order valence-electron chi connectivity index (χ1n) is 10.8. The summed E-state index contributed by atoms with van der Waals surface area (Å²) in [5, 5.41) is 10.2. The zero-order valence-corrected chi connectivity index (χ0v) is 18.0. The average molecular weight is 455 g/mol. The van der Waals surface area contributed by atoms with E-state index in [0.29, 0.717) is 18.4 Å². The number of Topliss-reactive ketones (excluding diaryl/α,β-unsaturated/α-hetero) is 1. The Balaban J connectivity index is 1.63. The molecule has 8 heteroatoms. The van der Waals surface area contributed by atoms with Crippen LogP contribution in [0.15, 0.2) is 48.8 Å². The van der Waals surface area contributed by atoms with Crippen molar-refractivity contribution in [2.24, 2.45) is 11.7 Å². The Kier molecular flexibility index (Phi) is 6.58. The van der Waals surface area contributed by atoms with Crippen molar-refractivity contribution >= 4 is 5.78 Å². The molecule has 4 atom stereocenters. The van der Waals surface area contributed by atoms with Gasteiger partial charge in [0, 0.05) is 24.9 Å². The van der Waals surface area contributed by atoms with Crippen LogP contribution in [-0.2, 0) is 6.42 Å². The summed E-state index contributed by atoms with van der Waals surface area (Å²) in [4.78, 5) is 21.1. The fraction of sp³-hybridized carbons (Fsp3) is 0.320. The van der Waals surface area contributed by atoms with Gasteiger partial charge in [0.2, 0.25) is 0 Å². The van der Waals surface area contributed by atoms with E-state index in [4.69, 9.17) is 5.73 Å². The molecule has 2 heterocycles. The first-order valence-corrected chi connectivity index (χ1v) is 10.8. The lowest BCUT2D eigenvalue weighted by molar-refractivity contribution is 0.0519. The van der Waals surface area contributed by atoms with E-state index in [1.165, 1.54) is 12.1 Å². The topological polar surface area (TPSA) is 89.1 Å². The van der Waals surface area contributed by atoms with Crippen molar-refractivity contribution in [1.29, 1.82) is 0 Å². The Hall–Kier alpha value is -3.10. The molecule has 0 aliphatic heterocycles. The van der Waals surface area contributed by atoms with Crippen LogP contribution < -0.4 is 5.73 Å². The average Bonchev–Trinajstić information content (AvgIpc) is 2.78. The van der Waals surface area contributed by atoms with Gasteiger partial charge in [0.25, 0.3) is 0 Å². The molecule has 0 spiro atoms. The van der Waals surface area contributed by atoms with Gasteiger partial charge in [-0.15, -0.1) is 0 Å². The summed E-state index contributed by atoms with van der Waals surface area (Å²) in [6, 6.07) is 6.82. The van der Waals surface area contributed by atoms with Gasteiger partial charge in [0.15, 0.2) is 5.78 Å². The van der Waals surface area contributed by atoms with Crippen molar-refractivity contribution in [1.82, 2.24) is 9.97 Å². The highest BCUT2D eigenvalue weighted by molar-refractivity contribution is 5.96. The van der Waals surface area contributed by atoms with Crippen molar-refractivity contribution in [3.05, 3.63) is 83.1 Å². The number of benzene rings is 1. The van der Waals surface area contributed by atoms with E-state index in [1.54, 1.807) is 12.4 Å². The molecule has 3 N–H and O–H groups in total. The minimum Gasteiger partial charge on any atom is -0.391 e. The van der Waals surface area contributed by atoms with Crippen molar-refractivity contribution in [3.8, 4) is 11.3 Å². The summed E-state index contributed by atoms with van der Waals surface area (Å²) >= 11 is 0. The number of aliphatic hydroxyl groups is 1. The fourth-order valence-corrected chi connectivity index (χ4v) is 4.57. The predicted octanol–water partition coefficient (Wildman–Crippen LogP) is 4.19. The summed E-state index contributed by atoms with van der Waals surface area (Å²) in [6.45, 7) is 1.94. The smallest absolute Gasteiger partial charge is 0.185 e. The quantitative estimate of drug-likeness (QED) is 0.564. The number of ketones is 1. The maximum Gasteiger partial charge on any atom is 0.185 e. The molecule has 33 heavy (non-hydrogen) atoms. The van der Waals surface area contributed by atoms with E-state index in [1.807, 2.05) is 13.0 Å². The SMILES string of the molecule is C[C@H]1C[C@@H](c2ccncc2CC(=O)c2ccc(F)c(-c3c(F)cccc3F)n2)C[C@@H](N)[C@H]1O. The maximum atomic E-state index is 14.4. The van der Waals surface area contributed by atoms with Crippen molar-refractivity contribution in [2.75, 3.05) is 0 Å². The summed E-state index contributed by atoms with van der Waals surface area (Å²) in [7, 11) is 0. The molecule has 0 radical (unpaired) electrons. The molecule has 5 nitrogen and oxygen atoms in total. The molecule has 1 saturated carbocycles. The highest BCUT2D eigenvalue weighted by Crippen LogP contribution is 2.37. The largest absolute Gasteiger partial charge is 0.391 e. The van der Waals surface area contributed by atoms with Gasteiger partial charge in [0.05, 0.1) is 11.7 Å². The Labute approximate surface area is 189 Å². The van der Waals surface area contributed by atoms with Crippen LogP contribution >= 0.6 is 0 Å². The van der Waals surface area contributed by atoms with Crippen LogP contribution in [0.3, 0.4) is 0 Å². The molecule has 1 aromatic carbocycles. The molecule has 2 aromatic heterocycles. The number of carbonyl (C=O) groups is 1. The number of aromatic nitrogens is 2. The summed E-state index contributed by atoms with van der Waals surface area (Å²) in [6.07, 6.45) is 3.88. The molecular weight excluding hydrogens is 431 g/mol. The molecular formula is C25H24F3N3O2. The van der Waals surface area contributed by atoms with E-state index >= 15 is 0 Å².